The average Bonchev–Trinajstić information content (AvgIpc) is 2.40. The number of aromatic amines is 1. The highest BCUT2D eigenvalue weighted by molar-refractivity contribution is 7.30. The molecule has 0 aliphatic carbocycles. The van der Waals surface area contributed by atoms with E-state index in [0.29, 0.717) is 0 Å². The van der Waals surface area contributed by atoms with Crippen LogP contribution in [0.15, 0.2) is 18.7 Å². The quantitative estimate of drug-likeness (QED) is 0.326. The van der Waals surface area contributed by atoms with Crippen LogP contribution < -0.4 is 0 Å². The van der Waals surface area contributed by atoms with Crippen LogP contribution in [0.4, 0.5) is 0 Å². The van der Waals surface area contributed by atoms with Crippen molar-refractivity contribution in [2.45, 2.75) is 0 Å². The van der Waals surface area contributed by atoms with Gasteiger partial charge in [-0.25, -0.2) is 4.98 Å². The maximum Gasteiger partial charge on any atom is 0.314 e. The van der Waals surface area contributed by atoms with E-state index in [1.54, 1.807) is 18.7 Å². The number of hydrogen-bond donors (Lipinski definition) is 4. The van der Waals surface area contributed by atoms with Crippen LogP contribution in [-0.4, -0.2) is 31.3 Å². The summed E-state index contributed by atoms with van der Waals surface area (Å²) in [5, 5.41) is 6.89. The number of aromatic nitrogens is 2. The highest BCUT2D eigenvalue weighted by atomic mass is 31.1. The summed E-state index contributed by atoms with van der Waals surface area (Å²) in [6.07, 6.45) is 5.08. The fraction of sp³-hybridized carbons (Fsp3) is 0. The lowest BCUT2D eigenvalue weighted by Crippen LogP contribution is -1.49. The average molecular weight is 196 g/mol. The van der Waals surface area contributed by atoms with Gasteiger partial charge in [-0.3, -0.25) is 9.36 Å². The molecule has 0 saturated heterocycles. The van der Waals surface area contributed by atoms with Crippen molar-refractivity contribution in [1.29, 1.82) is 0 Å². The van der Waals surface area contributed by atoms with Crippen LogP contribution in [0.3, 0.4) is 0 Å². The normalized spacial score (nSPS) is 7.25. The first kappa shape index (κ1) is 13.4. The monoisotopic (exact) mass is 196 g/mol. The summed E-state index contributed by atoms with van der Waals surface area (Å²) in [7, 11) is -3.13. The number of hydrogen-bond acceptors (Lipinski definition) is 3. The van der Waals surface area contributed by atoms with E-state index < -0.39 is 8.25 Å². The molecular weight excluding hydrogens is 187 g/mol. The van der Waals surface area contributed by atoms with Gasteiger partial charge in [0.2, 0.25) is 0 Å². The summed E-state index contributed by atoms with van der Waals surface area (Å²) in [5.74, 6) is 0. The zero-order valence-electron chi connectivity index (χ0n) is 5.91. The predicted molar refractivity (Wildman–Crippen MR) is 40.7 cm³/mol. The molecule has 0 saturated carbocycles. The lowest BCUT2D eigenvalue weighted by Gasteiger charge is -1.61. The molecule has 0 aliphatic rings. The Morgan fingerprint density at radius 1 is 1.50 bits per heavy atom. The lowest BCUT2D eigenvalue weighted by atomic mass is 11.0. The zero-order chi connectivity index (χ0) is 9.82. The smallest absolute Gasteiger partial charge is 0.314 e. The van der Waals surface area contributed by atoms with E-state index in [-0.39, 0.29) is 6.47 Å². The van der Waals surface area contributed by atoms with Crippen molar-refractivity contribution in [3.8, 4) is 0 Å². The highest BCUT2D eigenvalue weighted by Gasteiger charge is 1.61. The maximum absolute atomic E-state index is 8.74. The Hall–Kier alpha value is -1.17. The molecule has 0 aromatic carbocycles. The highest BCUT2D eigenvalue weighted by Crippen LogP contribution is 1.98. The number of H-pyrrole nitrogens is 1. The summed E-state index contributed by atoms with van der Waals surface area (Å²) in [6.45, 7) is -0.250. The van der Waals surface area contributed by atoms with Crippen LogP contribution in [-0.2, 0) is 9.36 Å². The van der Waals surface area contributed by atoms with Gasteiger partial charge in [-0.1, -0.05) is 0 Å². The van der Waals surface area contributed by atoms with Crippen LogP contribution in [0.1, 0.15) is 0 Å². The van der Waals surface area contributed by atoms with E-state index in [9.17, 15) is 0 Å². The molecule has 70 valence electrons. The fourth-order valence-corrected chi connectivity index (χ4v) is 0.215. The van der Waals surface area contributed by atoms with Crippen LogP contribution in [0.5, 0.6) is 0 Å². The van der Waals surface area contributed by atoms with E-state index in [4.69, 9.17) is 24.3 Å². The van der Waals surface area contributed by atoms with Gasteiger partial charge in [0.05, 0.1) is 6.33 Å². The largest absolute Gasteiger partial charge is 0.483 e. The predicted octanol–water partition coefficient (Wildman–Crippen LogP) is -0.529. The Morgan fingerprint density at radius 3 is 2.00 bits per heavy atom. The molecule has 0 atom stereocenters. The Bertz CT molecular complexity index is 168. The summed E-state index contributed by atoms with van der Waals surface area (Å²) in [5.41, 5.74) is 0. The molecule has 12 heavy (non-hydrogen) atoms. The lowest BCUT2D eigenvalue weighted by molar-refractivity contribution is -0.122. The van der Waals surface area contributed by atoms with Gasteiger partial charge in [-0.2, -0.15) is 0 Å². The fourth-order valence-electron chi connectivity index (χ4n) is 0.215. The molecule has 7 nitrogen and oxygen atoms in total. The molecule has 0 radical (unpaired) electrons. The molecule has 0 amide bonds. The van der Waals surface area contributed by atoms with E-state index in [2.05, 4.69) is 9.97 Å². The number of nitrogens with zero attached hydrogens (tertiary/aromatic N) is 1. The van der Waals surface area contributed by atoms with Crippen LogP contribution in [0.2, 0.25) is 0 Å². The van der Waals surface area contributed by atoms with Crippen LogP contribution in [0.25, 0.3) is 0 Å². The second-order valence-electron chi connectivity index (χ2n) is 1.15. The van der Waals surface area contributed by atoms with Crippen molar-refractivity contribution in [1.82, 2.24) is 9.97 Å². The molecule has 8 heteroatoms. The Labute approximate surface area is 68.7 Å². The summed E-state index contributed by atoms with van der Waals surface area (Å²) < 4.78 is 8.74. The molecule has 0 spiro atoms. The minimum absolute atomic E-state index is 0.250. The molecule has 1 aromatic heterocycles. The standard InChI is InChI=1S/C3H4N2.CH2O2.H3O3P/c1-2-5-3-4-1;2-1-3;1-4(2)3/h1-3H,(H,4,5);1H,(H,2,3);4H,(H2,1,2,3). The van der Waals surface area contributed by atoms with E-state index in [1.165, 1.54) is 0 Å². The zero-order valence-corrected chi connectivity index (χ0v) is 6.91. The van der Waals surface area contributed by atoms with Crippen molar-refractivity contribution in [2.75, 3.05) is 0 Å². The van der Waals surface area contributed by atoms with Crippen molar-refractivity contribution in [3.63, 3.8) is 0 Å². The van der Waals surface area contributed by atoms with E-state index in [1.807, 2.05) is 0 Å². The second-order valence-corrected chi connectivity index (χ2v) is 1.71. The Kier molecular flexibility index (Phi) is 14.0. The van der Waals surface area contributed by atoms with Gasteiger partial charge < -0.3 is 19.9 Å². The van der Waals surface area contributed by atoms with Gasteiger partial charge in [0.25, 0.3) is 6.47 Å². The second kappa shape index (κ2) is 12.5. The molecule has 1 rings (SSSR count). The minimum Gasteiger partial charge on any atom is -0.483 e. The molecule has 0 bridgehead atoms. The topological polar surface area (TPSA) is 124 Å². The maximum atomic E-state index is 8.74. The third kappa shape index (κ3) is 36.9. The van der Waals surface area contributed by atoms with Gasteiger partial charge in [0, 0.05) is 12.4 Å². The van der Waals surface area contributed by atoms with Gasteiger partial charge in [-0.15, -0.1) is 0 Å². The van der Waals surface area contributed by atoms with Gasteiger partial charge in [-0.05, 0) is 0 Å². The first-order valence-corrected chi connectivity index (χ1v) is 3.87. The van der Waals surface area contributed by atoms with Crippen LogP contribution in [0, 0.1) is 0 Å². The van der Waals surface area contributed by atoms with Crippen molar-refractivity contribution in [3.05, 3.63) is 18.7 Å². The van der Waals surface area contributed by atoms with Gasteiger partial charge in [0.1, 0.15) is 0 Å². The van der Waals surface area contributed by atoms with E-state index in [0.717, 1.165) is 0 Å². The molecule has 0 aliphatic heterocycles. The Morgan fingerprint density at radius 2 is 1.92 bits per heavy atom. The summed E-state index contributed by atoms with van der Waals surface area (Å²) in [4.78, 5) is 29.1. The van der Waals surface area contributed by atoms with Gasteiger partial charge >= 0.3 is 8.25 Å². The molecule has 4 N–H and O–H groups in total. The van der Waals surface area contributed by atoms with Crippen LogP contribution >= 0.6 is 8.25 Å². The molecule has 0 unspecified atom stereocenters. The number of carbonyl (C=O) groups is 1. The molecule has 1 heterocycles. The van der Waals surface area contributed by atoms with Crippen molar-refractivity contribution >= 4 is 14.7 Å². The first-order valence-electron chi connectivity index (χ1n) is 2.57. The number of rotatable bonds is 0. The first-order chi connectivity index (χ1) is 5.65. The van der Waals surface area contributed by atoms with E-state index >= 15 is 0 Å². The summed E-state index contributed by atoms with van der Waals surface area (Å²) >= 11 is 0. The third-order valence-corrected chi connectivity index (χ3v) is 0.406. The number of nitrogens with one attached hydrogen (secondary N) is 1. The number of imidazole rings is 1. The van der Waals surface area contributed by atoms with Crippen molar-refractivity contribution in [2.24, 2.45) is 0 Å². The molecular formula is C4H9N2O5P. The van der Waals surface area contributed by atoms with Crippen molar-refractivity contribution < 1.29 is 24.3 Å². The van der Waals surface area contributed by atoms with Gasteiger partial charge in [0.15, 0.2) is 0 Å². The number of carboxylic acid groups (broad SMARTS) is 1. The Balaban J connectivity index is 0. The molecule has 0 fully saturated rings. The third-order valence-electron chi connectivity index (χ3n) is 0.406. The summed E-state index contributed by atoms with van der Waals surface area (Å²) in [6, 6.07) is 0. The SMILES string of the molecule is O=CO.O=[PH](O)O.c1c[nH]cn1. The molecule has 1 aromatic rings. The minimum atomic E-state index is -3.13.